The largest absolute Gasteiger partial charge is 0.478 e. The molecule has 0 saturated carbocycles. The quantitative estimate of drug-likeness (QED) is 0.555. The van der Waals surface area contributed by atoms with Crippen molar-refractivity contribution in [1.29, 1.82) is 0 Å². The third-order valence-corrected chi connectivity index (χ3v) is 1.05. The van der Waals surface area contributed by atoms with Crippen molar-refractivity contribution in [2.45, 2.75) is 26.7 Å². The first-order valence-corrected chi connectivity index (χ1v) is 5.24. The average Bonchev–Trinajstić information content (AvgIpc) is 2.31. The summed E-state index contributed by atoms with van der Waals surface area (Å²) in [4.78, 5) is 18.5. The minimum atomic E-state index is -0.981. The van der Waals surface area contributed by atoms with Gasteiger partial charge in [-0.25, -0.2) is 9.59 Å². The highest BCUT2D eigenvalue weighted by atomic mass is 16.5. The lowest BCUT2D eigenvalue weighted by molar-refractivity contribution is -0.132. The molecule has 0 amide bonds. The summed E-state index contributed by atoms with van der Waals surface area (Å²) in [5.41, 5.74) is 0. The summed E-state index contributed by atoms with van der Waals surface area (Å²) < 4.78 is 5.13. The Labute approximate surface area is 102 Å². The van der Waals surface area contributed by atoms with Gasteiger partial charge in [-0.2, -0.15) is 0 Å². The van der Waals surface area contributed by atoms with Crippen molar-refractivity contribution in [3.05, 3.63) is 25.3 Å². The van der Waals surface area contributed by atoms with E-state index < -0.39 is 11.9 Å². The molecule has 5 heteroatoms. The molecule has 0 aromatic rings. The third-order valence-electron chi connectivity index (χ3n) is 1.05. The number of carboxylic acids is 2. The van der Waals surface area contributed by atoms with Crippen LogP contribution in [0.2, 0.25) is 0 Å². The normalized spacial score (nSPS) is 7.65. The van der Waals surface area contributed by atoms with Crippen LogP contribution in [0.4, 0.5) is 0 Å². The second-order valence-electron chi connectivity index (χ2n) is 2.70. The third kappa shape index (κ3) is 54.1. The Kier molecular flexibility index (Phi) is 24.3. The smallest absolute Gasteiger partial charge is 0.327 e. The zero-order chi connectivity index (χ0) is 14.1. The summed E-state index contributed by atoms with van der Waals surface area (Å²) in [5.74, 6) is -1.96. The van der Waals surface area contributed by atoms with Gasteiger partial charge in [0.2, 0.25) is 0 Å². The Morgan fingerprint density at radius 3 is 1.35 bits per heavy atom. The van der Waals surface area contributed by atoms with Crippen LogP contribution >= 0.6 is 0 Å². The Balaban J connectivity index is -0.000000177. The topological polar surface area (TPSA) is 83.8 Å². The Hall–Kier alpha value is -1.62. The summed E-state index contributed by atoms with van der Waals surface area (Å²) in [6, 6.07) is 0. The molecule has 0 aliphatic rings. The first kappa shape index (κ1) is 20.8. The van der Waals surface area contributed by atoms with Crippen LogP contribution in [0.25, 0.3) is 0 Å². The van der Waals surface area contributed by atoms with Crippen LogP contribution in [0.15, 0.2) is 25.3 Å². The maximum absolute atomic E-state index is 9.25. The minimum absolute atomic E-state index is 0.833. The molecule has 17 heavy (non-hydrogen) atoms. The first-order valence-electron chi connectivity index (χ1n) is 5.24. The van der Waals surface area contributed by atoms with Gasteiger partial charge in [-0.15, -0.1) is 0 Å². The molecule has 0 aromatic carbocycles. The standard InChI is InChI=1S/C6H14O.2C3H4O2/c1-3-5-7-6-4-2;2*1-2-3(4)5/h3-6H2,1-2H3;2*2H,1H2,(H,4,5). The van der Waals surface area contributed by atoms with E-state index in [0.717, 1.165) is 38.2 Å². The van der Waals surface area contributed by atoms with E-state index in [1.807, 2.05) is 0 Å². The van der Waals surface area contributed by atoms with E-state index >= 15 is 0 Å². The maximum atomic E-state index is 9.25. The van der Waals surface area contributed by atoms with Gasteiger partial charge in [-0.3, -0.25) is 0 Å². The second-order valence-corrected chi connectivity index (χ2v) is 2.70. The predicted molar refractivity (Wildman–Crippen MR) is 67.1 cm³/mol. The highest BCUT2D eigenvalue weighted by Crippen LogP contribution is 1.81. The van der Waals surface area contributed by atoms with Gasteiger partial charge in [0.15, 0.2) is 0 Å². The number of rotatable bonds is 6. The number of ether oxygens (including phenoxy) is 1. The van der Waals surface area contributed by atoms with Crippen LogP contribution in [0, 0.1) is 0 Å². The molecule has 0 aromatic heterocycles. The second kappa shape index (κ2) is 19.9. The summed E-state index contributed by atoms with van der Waals surface area (Å²) in [6.45, 7) is 12.0. The van der Waals surface area contributed by atoms with Gasteiger partial charge in [-0.05, 0) is 12.8 Å². The number of aliphatic carboxylic acids is 2. The van der Waals surface area contributed by atoms with Crippen LogP contribution in [-0.2, 0) is 14.3 Å². The van der Waals surface area contributed by atoms with Gasteiger partial charge < -0.3 is 14.9 Å². The Morgan fingerprint density at radius 2 is 1.24 bits per heavy atom. The number of carbonyl (C=O) groups is 2. The minimum Gasteiger partial charge on any atom is -0.478 e. The molecule has 0 radical (unpaired) electrons. The van der Waals surface area contributed by atoms with Crippen molar-refractivity contribution < 1.29 is 24.5 Å². The molecular weight excluding hydrogens is 224 g/mol. The molecule has 0 heterocycles. The first-order chi connectivity index (χ1) is 7.95. The Morgan fingerprint density at radius 1 is 1.00 bits per heavy atom. The average molecular weight is 246 g/mol. The fourth-order valence-corrected chi connectivity index (χ4v) is 0.391. The Bertz CT molecular complexity index is 189. The van der Waals surface area contributed by atoms with Gasteiger partial charge in [-0.1, -0.05) is 27.0 Å². The van der Waals surface area contributed by atoms with Crippen LogP contribution < -0.4 is 0 Å². The molecule has 5 nitrogen and oxygen atoms in total. The highest BCUT2D eigenvalue weighted by Gasteiger charge is 1.78. The van der Waals surface area contributed by atoms with E-state index in [0.29, 0.717) is 0 Å². The summed E-state index contributed by atoms with van der Waals surface area (Å²) in [5, 5.41) is 15.2. The molecule has 0 saturated heterocycles. The number of hydrogen-bond donors (Lipinski definition) is 2. The fraction of sp³-hybridized carbons (Fsp3) is 0.500. The molecule has 0 unspecified atom stereocenters. The molecule has 0 aliphatic heterocycles. The van der Waals surface area contributed by atoms with Crippen molar-refractivity contribution in [2.75, 3.05) is 13.2 Å². The zero-order valence-electron chi connectivity index (χ0n) is 10.5. The van der Waals surface area contributed by atoms with Crippen molar-refractivity contribution >= 4 is 11.9 Å². The van der Waals surface area contributed by atoms with Crippen molar-refractivity contribution in [2.24, 2.45) is 0 Å². The summed E-state index contributed by atoms with van der Waals surface area (Å²) in [6.07, 6.45) is 3.94. The van der Waals surface area contributed by atoms with Crippen LogP contribution in [0.3, 0.4) is 0 Å². The lowest BCUT2D eigenvalue weighted by Gasteiger charge is -1.95. The van der Waals surface area contributed by atoms with E-state index in [2.05, 4.69) is 27.0 Å². The highest BCUT2D eigenvalue weighted by molar-refractivity contribution is 5.79. The molecule has 0 bridgehead atoms. The molecule has 100 valence electrons. The predicted octanol–water partition coefficient (Wildman–Crippen LogP) is 2.34. The molecule has 2 N–H and O–H groups in total. The van der Waals surface area contributed by atoms with Gasteiger partial charge >= 0.3 is 11.9 Å². The van der Waals surface area contributed by atoms with Crippen molar-refractivity contribution in [3.63, 3.8) is 0 Å². The van der Waals surface area contributed by atoms with E-state index in [-0.39, 0.29) is 0 Å². The molecule has 0 rings (SSSR count). The van der Waals surface area contributed by atoms with E-state index in [9.17, 15) is 9.59 Å². The molecule has 0 atom stereocenters. The molecule has 0 aliphatic carbocycles. The monoisotopic (exact) mass is 246 g/mol. The molecule has 0 fully saturated rings. The van der Waals surface area contributed by atoms with Gasteiger partial charge in [0.25, 0.3) is 0 Å². The summed E-state index contributed by atoms with van der Waals surface area (Å²) >= 11 is 0. The maximum Gasteiger partial charge on any atom is 0.327 e. The van der Waals surface area contributed by atoms with Gasteiger partial charge in [0.1, 0.15) is 0 Å². The van der Waals surface area contributed by atoms with Gasteiger partial charge in [0.05, 0.1) is 0 Å². The lowest BCUT2D eigenvalue weighted by atomic mass is 10.5. The molecule has 0 spiro atoms. The lowest BCUT2D eigenvalue weighted by Crippen LogP contribution is -1.92. The zero-order valence-corrected chi connectivity index (χ0v) is 10.5. The fourth-order valence-electron chi connectivity index (χ4n) is 0.391. The number of carboxylic acid groups (broad SMARTS) is 2. The van der Waals surface area contributed by atoms with E-state index in [4.69, 9.17) is 14.9 Å². The molecular formula is C12H22O5. The summed E-state index contributed by atoms with van der Waals surface area (Å²) in [7, 11) is 0. The van der Waals surface area contributed by atoms with Crippen molar-refractivity contribution in [1.82, 2.24) is 0 Å². The van der Waals surface area contributed by atoms with Crippen molar-refractivity contribution in [3.8, 4) is 0 Å². The van der Waals surface area contributed by atoms with Crippen LogP contribution in [-0.4, -0.2) is 35.4 Å². The van der Waals surface area contributed by atoms with E-state index in [1.54, 1.807) is 0 Å². The van der Waals surface area contributed by atoms with Crippen LogP contribution in [0.1, 0.15) is 26.7 Å². The number of hydrogen-bond acceptors (Lipinski definition) is 3. The van der Waals surface area contributed by atoms with E-state index in [1.165, 1.54) is 0 Å². The van der Waals surface area contributed by atoms with Gasteiger partial charge in [0, 0.05) is 25.4 Å². The van der Waals surface area contributed by atoms with Crippen LogP contribution in [0.5, 0.6) is 0 Å². The SMILES string of the molecule is C=CC(=O)O.C=CC(=O)O.CCCOCCC.